The fraction of sp³-hybridized carbons (Fsp3) is 0.462. The van der Waals surface area contributed by atoms with E-state index in [1.165, 1.54) is 12.1 Å². The zero-order chi connectivity index (χ0) is 14.8. The van der Waals surface area contributed by atoms with Crippen molar-refractivity contribution < 1.29 is 17.9 Å². The van der Waals surface area contributed by atoms with Crippen molar-refractivity contribution in [2.24, 2.45) is 5.73 Å². The number of carbonyl (C=O) groups excluding carboxylic acids is 1. The zero-order valence-corrected chi connectivity index (χ0v) is 12.1. The maximum atomic E-state index is 12.0. The van der Waals surface area contributed by atoms with Crippen LogP contribution >= 0.6 is 0 Å². The molecule has 0 aromatic heterocycles. The molecule has 1 aromatic carbocycles. The van der Waals surface area contributed by atoms with Crippen LogP contribution in [0.2, 0.25) is 0 Å². The maximum Gasteiger partial charge on any atom is 0.242 e. The van der Waals surface area contributed by atoms with Gasteiger partial charge in [-0.15, -0.1) is 0 Å². The Morgan fingerprint density at radius 2 is 2.05 bits per heavy atom. The Morgan fingerprint density at radius 1 is 1.40 bits per heavy atom. The molecule has 2 rings (SSSR count). The number of rotatable bonds is 4. The van der Waals surface area contributed by atoms with Gasteiger partial charge in [-0.25, -0.2) is 8.42 Å². The van der Waals surface area contributed by atoms with E-state index in [9.17, 15) is 13.2 Å². The van der Waals surface area contributed by atoms with Crippen LogP contribution in [0.15, 0.2) is 29.2 Å². The lowest BCUT2D eigenvalue weighted by atomic mass is 9.99. The summed E-state index contributed by atoms with van der Waals surface area (Å²) in [5.41, 5.74) is 5.79. The zero-order valence-electron chi connectivity index (χ0n) is 11.3. The molecule has 0 spiro atoms. The molecule has 6 nitrogen and oxygen atoms in total. The Labute approximate surface area is 118 Å². The van der Waals surface area contributed by atoms with E-state index in [4.69, 9.17) is 10.5 Å². The average Bonchev–Trinajstić information content (AvgIpc) is 2.84. The van der Waals surface area contributed by atoms with Gasteiger partial charge >= 0.3 is 0 Å². The Kier molecular flexibility index (Phi) is 4.12. The topological polar surface area (TPSA) is 98.5 Å². The molecule has 1 aliphatic rings. The van der Waals surface area contributed by atoms with Gasteiger partial charge in [0.2, 0.25) is 5.91 Å². The van der Waals surface area contributed by atoms with Crippen LogP contribution in [0.4, 0.5) is 0 Å². The summed E-state index contributed by atoms with van der Waals surface area (Å²) in [4.78, 5) is 12.2. The van der Waals surface area contributed by atoms with Gasteiger partial charge < -0.3 is 15.8 Å². The molecule has 1 saturated heterocycles. The molecular formula is C13H18N2O4S. The highest BCUT2D eigenvalue weighted by atomic mass is 32.2. The van der Waals surface area contributed by atoms with Gasteiger partial charge in [-0.2, -0.15) is 0 Å². The van der Waals surface area contributed by atoms with E-state index >= 15 is 0 Å². The summed E-state index contributed by atoms with van der Waals surface area (Å²) in [6.45, 7) is 1.03. The molecule has 1 unspecified atom stereocenters. The first-order valence-electron chi connectivity index (χ1n) is 6.25. The first kappa shape index (κ1) is 15.0. The molecule has 20 heavy (non-hydrogen) atoms. The van der Waals surface area contributed by atoms with Gasteiger partial charge in [0.1, 0.15) is 5.54 Å². The summed E-state index contributed by atoms with van der Waals surface area (Å²) in [7, 11) is -3.20. The highest BCUT2D eigenvalue weighted by Crippen LogP contribution is 2.16. The molecule has 7 heteroatoms. The normalized spacial score (nSPS) is 22.7. The second-order valence-electron chi connectivity index (χ2n) is 5.06. The quantitative estimate of drug-likeness (QED) is 0.804. The molecule has 0 aliphatic carbocycles. The van der Waals surface area contributed by atoms with E-state index in [1.54, 1.807) is 12.1 Å². The van der Waals surface area contributed by atoms with Gasteiger partial charge in [0.15, 0.2) is 9.84 Å². The third-order valence-electron chi connectivity index (χ3n) is 3.31. The number of amides is 1. The highest BCUT2D eigenvalue weighted by molar-refractivity contribution is 7.90. The lowest BCUT2D eigenvalue weighted by molar-refractivity contribution is -0.126. The number of benzene rings is 1. The monoisotopic (exact) mass is 298 g/mol. The van der Waals surface area contributed by atoms with Crippen molar-refractivity contribution in [2.45, 2.75) is 23.4 Å². The molecular weight excluding hydrogens is 280 g/mol. The minimum Gasteiger partial charge on any atom is -0.379 e. The molecule has 1 aliphatic heterocycles. The van der Waals surface area contributed by atoms with Gasteiger partial charge in [-0.05, 0) is 24.1 Å². The van der Waals surface area contributed by atoms with Crippen LogP contribution in [-0.4, -0.2) is 39.3 Å². The van der Waals surface area contributed by atoms with Crippen LogP contribution in [0.5, 0.6) is 0 Å². The molecule has 1 amide bonds. The summed E-state index contributed by atoms with van der Waals surface area (Å²) in [5.74, 6) is -0.248. The molecule has 1 fully saturated rings. The third-order valence-corrected chi connectivity index (χ3v) is 4.44. The summed E-state index contributed by atoms with van der Waals surface area (Å²) in [6.07, 6.45) is 1.66. The van der Waals surface area contributed by atoms with E-state index in [0.29, 0.717) is 19.6 Å². The van der Waals surface area contributed by atoms with Crippen LogP contribution < -0.4 is 11.1 Å². The number of nitrogens with one attached hydrogen (secondary N) is 1. The van der Waals surface area contributed by atoms with E-state index < -0.39 is 15.4 Å². The van der Waals surface area contributed by atoms with Crippen LogP contribution in [0.25, 0.3) is 0 Å². The van der Waals surface area contributed by atoms with Crippen LogP contribution in [-0.2, 0) is 25.9 Å². The molecule has 1 aromatic rings. The Balaban J connectivity index is 1.96. The molecule has 110 valence electrons. The van der Waals surface area contributed by atoms with Crippen LogP contribution in [0.1, 0.15) is 12.0 Å². The second-order valence-corrected chi connectivity index (χ2v) is 7.07. The average molecular weight is 298 g/mol. The van der Waals surface area contributed by atoms with Gasteiger partial charge in [0.05, 0.1) is 11.5 Å². The smallest absolute Gasteiger partial charge is 0.242 e. The first-order valence-corrected chi connectivity index (χ1v) is 8.14. The van der Waals surface area contributed by atoms with Crippen LogP contribution in [0, 0.1) is 0 Å². The van der Waals surface area contributed by atoms with E-state index in [2.05, 4.69) is 5.32 Å². The Bertz CT molecular complexity index is 589. The predicted molar refractivity (Wildman–Crippen MR) is 73.8 cm³/mol. The molecule has 3 N–H and O–H groups in total. The maximum absolute atomic E-state index is 12.0. The largest absolute Gasteiger partial charge is 0.379 e. The number of carbonyl (C=O) groups is 1. The van der Waals surface area contributed by atoms with Gasteiger partial charge in [0, 0.05) is 19.4 Å². The van der Waals surface area contributed by atoms with E-state index in [-0.39, 0.29) is 17.4 Å². The van der Waals surface area contributed by atoms with Crippen molar-refractivity contribution in [3.05, 3.63) is 29.8 Å². The van der Waals surface area contributed by atoms with E-state index in [1.807, 2.05) is 0 Å². The molecule has 0 radical (unpaired) electrons. The van der Waals surface area contributed by atoms with E-state index in [0.717, 1.165) is 11.8 Å². The fourth-order valence-electron chi connectivity index (χ4n) is 1.97. The Hall–Kier alpha value is -1.44. The van der Waals surface area contributed by atoms with Gasteiger partial charge in [-0.1, -0.05) is 12.1 Å². The minimum atomic E-state index is -3.20. The second kappa shape index (κ2) is 5.51. The SMILES string of the molecule is CS(=O)(=O)c1ccc(CNC(=O)C2(N)CCOC2)cc1. The molecule has 1 heterocycles. The van der Waals surface area contributed by atoms with Crippen molar-refractivity contribution in [3.8, 4) is 0 Å². The summed E-state index contributed by atoms with van der Waals surface area (Å²) < 4.78 is 27.8. The van der Waals surface area contributed by atoms with Gasteiger partial charge in [-0.3, -0.25) is 4.79 Å². The number of sulfone groups is 1. The number of hydrogen-bond donors (Lipinski definition) is 2. The predicted octanol–water partition coefficient (Wildman–Crippen LogP) is -0.176. The van der Waals surface area contributed by atoms with Crippen molar-refractivity contribution in [2.75, 3.05) is 19.5 Å². The minimum absolute atomic E-state index is 0.228. The van der Waals surface area contributed by atoms with Gasteiger partial charge in [0.25, 0.3) is 0 Å². The molecule has 1 atom stereocenters. The molecule has 0 bridgehead atoms. The van der Waals surface area contributed by atoms with Crippen molar-refractivity contribution >= 4 is 15.7 Å². The first-order chi connectivity index (χ1) is 9.31. The van der Waals surface area contributed by atoms with Crippen LogP contribution in [0.3, 0.4) is 0 Å². The standard InChI is InChI=1S/C13H18N2O4S/c1-20(17,18)11-4-2-10(3-5-11)8-15-12(16)13(14)6-7-19-9-13/h2-5H,6-9,14H2,1H3,(H,15,16). The number of ether oxygens (including phenoxy) is 1. The fourth-order valence-corrected chi connectivity index (χ4v) is 2.60. The lowest BCUT2D eigenvalue weighted by Crippen LogP contribution is -2.54. The number of nitrogens with two attached hydrogens (primary N) is 1. The highest BCUT2D eigenvalue weighted by Gasteiger charge is 2.37. The lowest BCUT2D eigenvalue weighted by Gasteiger charge is -2.20. The number of hydrogen-bond acceptors (Lipinski definition) is 5. The molecule has 0 saturated carbocycles. The summed E-state index contributed by atoms with van der Waals surface area (Å²) >= 11 is 0. The third kappa shape index (κ3) is 3.36. The summed E-state index contributed by atoms with van der Waals surface area (Å²) in [6, 6.07) is 6.39. The van der Waals surface area contributed by atoms with Crippen molar-refractivity contribution in [1.29, 1.82) is 0 Å². The van der Waals surface area contributed by atoms with Crippen molar-refractivity contribution in [1.82, 2.24) is 5.32 Å². The van der Waals surface area contributed by atoms with Crippen molar-refractivity contribution in [3.63, 3.8) is 0 Å². The summed E-state index contributed by atoms with van der Waals surface area (Å²) in [5, 5.41) is 2.75. The Morgan fingerprint density at radius 3 is 2.55 bits per heavy atom.